The lowest BCUT2D eigenvalue weighted by Gasteiger charge is -2.30. The van der Waals surface area contributed by atoms with Gasteiger partial charge in [-0.15, -0.1) is 24.2 Å². The topological polar surface area (TPSA) is 61.4 Å². The standard InChI is InChI=1S/C17H20FN3O2S.ClH/c1-17-6-4-14(22)21(17)13(9-24-17)16(23)20-12-3-2-10-8-19-7-5-11(10)15(12)18;/h2-3,13,19H,4-9H2,1H3,(H,20,23);1H. The van der Waals surface area contributed by atoms with Crippen LogP contribution in [0.4, 0.5) is 10.1 Å². The number of hydrogen-bond donors (Lipinski definition) is 2. The number of rotatable bonds is 2. The lowest BCUT2D eigenvalue weighted by molar-refractivity contribution is -0.135. The highest BCUT2D eigenvalue weighted by Gasteiger charge is 2.52. The van der Waals surface area contributed by atoms with Gasteiger partial charge < -0.3 is 15.5 Å². The molecule has 3 aliphatic rings. The van der Waals surface area contributed by atoms with Crippen LogP contribution in [-0.4, -0.2) is 39.9 Å². The molecule has 2 saturated heterocycles. The first-order valence-corrected chi connectivity index (χ1v) is 9.26. The summed E-state index contributed by atoms with van der Waals surface area (Å²) in [6.45, 7) is 3.39. The number of nitrogens with one attached hydrogen (secondary N) is 2. The normalized spacial score (nSPS) is 27.5. The summed E-state index contributed by atoms with van der Waals surface area (Å²) in [7, 11) is 0. The van der Waals surface area contributed by atoms with E-state index in [0.717, 1.165) is 18.5 Å². The maximum atomic E-state index is 14.7. The van der Waals surface area contributed by atoms with Crippen molar-refractivity contribution >= 4 is 41.7 Å². The van der Waals surface area contributed by atoms with Crippen LogP contribution in [0.5, 0.6) is 0 Å². The minimum absolute atomic E-state index is 0. The van der Waals surface area contributed by atoms with Crippen LogP contribution in [-0.2, 0) is 22.6 Å². The Morgan fingerprint density at radius 3 is 3.04 bits per heavy atom. The van der Waals surface area contributed by atoms with E-state index in [2.05, 4.69) is 10.6 Å². The molecule has 8 heteroatoms. The highest BCUT2D eigenvalue weighted by Crippen LogP contribution is 2.47. The number of halogens is 2. The fraction of sp³-hybridized carbons (Fsp3) is 0.529. The maximum absolute atomic E-state index is 14.7. The molecule has 2 atom stereocenters. The first kappa shape index (κ1) is 18.5. The molecule has 3 aliphatic heterocycles. The van der Waals surface area contributed by atoms with Crippen molar-refractivity contribution in [3.8, 4) is 0 Å². The Kier molecular flexibility index (Phi) is 5.01. The fourth-order valence-electron chi connectivity index (χ4n) is 3.86. The van der Waals surface area contributed by atoms with Crippen molar-refractivity contribution in [3.63, 3.8) is 0 Å². The van der Waals surface area contributed by atoms with Crippen molar-refractivity contribution in [3.05, 3.63) is 29.1 Å². The molecule has 1 aromatic rings. The van der Waals surface area contributed by atoms with Gasteiger partial charge in [-0.05, 0) is 43.5 Å². The van der Waals surface area contributed by atoms with Gasteiger partial charge in [0.2, 0.25) is 11.8 Å². The summed E-state index contributed by atoms with van der Waals surface area (Å²) in [4.78, 5) is 26.2. The summed E-state index contributed by atoms with van der Waals surface area (Å²) >= 11 is 1.64. The molecular formula is C17H21ClFN3O2S. The molecule has 5 nitrogen and oxygen atoms in total. The highest BCUT2D eigenvalue weighted by molar-refractivity contribution is 8.01. The lowest BCUT2D eigenvalue weighted by atomic mass is 9.99. The third-order valence-corrected chi connectivity index (χ3v) is 6.72. The lowest BCUT2D eigenvalue weighted by Crippen LogP contribution is -2.48. The Balaban J connectivity index is 0.00000182. The van der Waals surface area contributed by atoms with E-state index in [9.17, 15) is 14.0 Å². The molecular weight excluding hydrogens is 365 g/mol. The third kappa shape index (κ3) is 3.02. The number of carbonyl (C=O) groups excluding carboxylic acids is 2. The van der Waals surface area contributed by atoms with Crippen molar-refractivity contribution in [1.82, 2.24) is 10.2 Å². The fourth-order valence-corrected chi connectivity index (χ4v) is 5.29. The van der Waals surface area contributed by atoms with Gasteiger partial charge in [-0.3, -0.25) is 9.59 Å². The summed E-state index contributed by atoms with van der Waals surface area (Å²) in [6, 6.07) is 2.95. The Bertz CT molecular complexity index is 732. The zero-order valence-electron chi connectivity index (χ0n) is 13.9. The van der Waals surface area contributed by atoms with Crippen LogP contribution in [0, 0.1) is 5.82 Å². The van der Waals surface area contributed by atoms with Crippen LogP contribution in [0.2, 0.25) is 0 Å². The van der Waals surface area contributed by atoms with E-state index in [0.29, 0.717) is 30.7 Å². The van der Waals surface area contributed by atoms with Crippen LogP contribution >= 0.6 is 24.2 Å². The molecule has 1 aromatic carbocycles. The Labute approximate surface area is 156 Å². The molecule has 2 unspecified atom stereocenters. The first-order valence-electron chi connectivity index (χ1n) is 8.27. The van der Waals surface area contributed by atoms with E-state index >= 15 is 0 Å². The zero-order valence-corrected chi connectivity index (χ0v) is 15.6. The van der Waals surface area contributed by atoms with Crippen molar-refractivity contribution in [1.29, 1.82) is 0 Å². The van der Waals surface area contributed by atoms with Gasteiger partial charge in [0.25, 0.3) is 0 Å². The van der Waals surface area contributed by atoms with E-state index in [1.54, 1.807) is 22.7 Å². The molecule has 2 N–H and O–H groups in total. The quantitative estimate of drug-likeness (QED) is 0.820. The molecule has 0 aliphatic carbocycles. The van der Waals surface area contributed by atoms with Gasteiger partial charge in [0.1, 0.15) is 11.9 Å². The Hall–Kier alpha value is -1.31. The van der Waals surface area contributed by atoms with E-state index in [1.165, 1.54) is 0 Å². The van der Waals surface area contributed by atoms with Gasteiger partial charge in [0.15, 0.2) is 0 Å². The van der Waals surface area contributed by atoms with Gasteiger partial charge in [-0.2, -0.15) is 0 Å². The molecule has 0 aromatic heterocycles. The smallest absolute Gasteiger partial charge is 0.248 e. The molecule has 25 heavy (non-hydrogen) atoms. The third-order valence-electron chi connectivity index (χ3n) is 5.21. The van der Waals surface area contributed by atoms with Gasteiger partial charge >= 0.3 is 0 Å². The van der Waals surface area contributed by atoms with Crippen LogP contribution in [0.1, 0.15) is 30.9 Å². The van der Waals surface area contributed by atoms with E-state index in [1.807, 2.05) is 13.0 Å². The number of carbonyl (C=O) groups is 2. The van der Waals surface area contributed by atoms with Gasteiger partial charge in [-0.1, -0.05) is 6.07 Å². The van der Waals surface area contributed by atoms with Gasteiger partial charge in [-0.25, -0.2) is 4.39 Å². The van der Waals surface area contributed by atoms with Crippen molar-refractivity contribution < 1.29 is 14.0 Å². The maximum Gasteiger partial charge on any atom is 0.248 e. The second kappa shape index (κ2) is 6.78. The number of thioether (sulfide) groups is 1. The average Bonchev–Trinajstić information content (AvgIpc) is 3.07. The second-order valence-corrected chi connectivity index (χ2v) is 8.25. The highest BCUT2D eigenvalue weighted by atomic mass is 35.5. The molecule has 0 bridgehead atoms. The number of fused-ring (bicyclic) bond motifs is 2. The molecule has 136 valence electrons. The second-order valence-electron chi connectivity index (χ2n) is 6.75. The van der Waals surface area contributed by atoms with Crippen molar-refractivity contribution in [2.24, 2.45) is 0 Å². The molecule has 0 saturated carbocycles. The molecule has 4 rings (SSSR count). The Morgan fingerprint density at radius 2 is 2.24 bits per heavy atom. The summed E-state index contributed by atoms with van der Waals surface area (Å²) in [5, 5.41) is 5.92. The number of benzene rings is 1. The average molecular weight is 386 g/mol. The van der Waals surface area contributed by atoms with E-state index < -0.39 is 6.04 Å². The molecule has 2 fully saturated rings. The van der Waals surface area contributed by atoms with Crippen LogP contribution in [0.3, 0.4) is 0 Å². The van der Waals surface area contributed by atoms with Crippen molar-refractivity contribution in [2.45, 2.75) is 43.6 Å². The zero-order chi connectivity index (χ0) is 16.9. The van der Waals surface area contributed by atoms with Crippen LogP contribution < -0.4 is 10.6 Å². The Morgan fingerprint density at radius 1 is 1.44 bits per heavy atom. The summed E-state index contributed by atoms with van der Waals surface area (Å²) in [5.41, 5.74) is 1.83. The predicted molar refractivity (Wildman–Crippen MR) is 98.4 cm³/mol. The largest absolute Gasteiger partial charge is 0.322 e. The molecule has 0 spiro atoms. The monoisotopic (exact) mass is 385 g/mol. The van der Waals surface area contributed by atoms with Gasteiger partial charge in [0.05, 0.1) is 10.6 Å². The summed E-state index contributed by atoms with van der Waals surface area (Å²) in [5.74, 6) is -0.0673. The first-order chi connectivity index (χ1) is 11.5. The molecule has 0 radical (unpaired) electrons. The van der Waals surface area contributed by atoms with E-state index in [-0.39, 0.29) is 40.6 Å². The predicted octanol–water partition coefficient (Wildman–Crippen LogP) is 2.29. The number of hydrogen-bond acceptors (Lipinski definition) is 4. The van der Waals surface area contributed by atoms with E-state index in [4.69, 9.17) is 0 Å². The van der Waals surface area contributed by atoms with Crippen LogP contribution in [0.15, 0.2) is 12.1 Å². The number of nitrogens with zero attached hydrogens (tertiary/aromatic N) is 1. The molecule has 2 amide bonds. The summed E-state index contributed by atoms with van der Waals surface area (Å²) < 4.78 is 14.7. The van der Waals surface area contributed by atoms with Crippen LogP contribution in [0.25, 0.3) is 0 Å². The van der Waals surface area contributed by atoms with Gasteiger partial charge in [0, 0.05) is 18.7 Å². The molecule has 3 heterocycles. The minimum atomic E-state index is -0.521. The number of amides is 2. The van der Waals surface area contributed by atoms with Crippen molar-refractivity contribution in [2.75, 3.05) is 17.6 Å². The number of anilines is 1. The SMILES string of the molecule is CC12CCC(=O)N1C(C(=O)Nc1ccc3c(c1F)CCNC3)CS2.Cl. The summed E-state index contributed by atoms with van der Waals surface area (Å²) in [6.07, 6.45) is 1.86. The minimum Gasteiger partial charge on any atom is -0.322 e.